The maximum atomic E-state index is 13.2. The van der Waals surface area contributed by atoms with Gasteiger partial charge in [-0.1, -0.05) is 12.1 Å². The Kier molecular flexibility index (Phi) is 4.02. The zero-order valence-corrected chi connectivity index (χ0v) is 15.9. The van der Waals surface area contributed by atoms with E-state index in [0.29, 0.717) is 30.7 Å². The van der Waals surface area contributed by atoms with Crippen molar-refractivity contribution in [1.29, 1.82) is 0 Å². The van der Waals surface area contributed by atoms with E-state index in [1.54, 1.807) is 19.1 Å². The van der Waals surface area contributed by atoms with Gasteiger partial charge in [-0.25, -0.2) is 4.68 Å². The molecule has 27 heavy (non-hydrogen) atoms. The summed E-state index contributed by atoms with van der Waals surface area (Å²) < 4.78 is 8.61. The average molecular weight is 366 g/mol. The number of aryl methyl sites for hydroxylation is 2. The summed E-state index contributed by atoms with van der Waals surface area (Å²) in [5.74, 6) is 0.722. The van der Waals surface area contributed by atoms with Crippen LogP contribution >= 0.6 is 0 Å². The summed E-state index contributed by atoms with van der Waals surface area (Å²) in [6, 6.07) is 7.57. The number of carbonyl (C=O) groups is 1. The number of hydrogen-bond acceptors (Lipinski definition) is 4. The van der Waals surface area contributed by atoms with Gasteiger partial charge in [0.05, 0.1) is 30.3 Å². The monoisotopic (exact) mass is 366 g/mol. The number of nitrogens with zero attached hydrogens (tertiary/aromatic N) is 4. The second-order valence-electron chi connectivity index (χ2n) is 6.97. The van der Waals surface area contributed by atoms with Gasteiger partial charge in [-0.2, -0.15) is 5.10 Å². The first-order valence-corrected chi connectivity index (χ1v) is 8.91. The first kappa shape index (κ1) is 17.3. The molecule has 3 aromatic rings. The molecule has 0 unspecified atom stereocenters. The third-order valence-electron chi connectivity index (χ3n) is 5.27. The molecule has 1 aliphatic heterocycles. The topological polar surface area (TPSA) is 69.4 Å². The lowest BCUT2D eigenvalue weighted by Crippen LogP contribution is -2.37. The zero-order chi connectivity index (χ0) is 19.3. The molecule has 0 aliphatic carbocycles. The largest absolute Gasteiger partial charge is 0.497 e. The predicted octanol–water partition coefficient (Wildman–Crippen LogP) is 1.96. The van der Waals surface area contributed by atoms with Crippen molar-refractivity contribution >= 4 is 16.8 Å². The molecule has 1 aromatic carbocycles. The van der Waals surface area contributed by atoms with Gasteiger partial charge < -0.3 is 14.2 Å². The fourth-order valence-corrected chi connectivity index (χ4v) is 3.83. The third-order valence-corrected chi connectivity index (χ3v) is 5.27. The standard InChI is InChI=1S/C20H22N4O3/c1-12-16-18(23-10-9-22(3)20(26)17(12)23)13(2)21-24(19(16)25)11-14-5-7-15(27-4)8-6-14/h5-8H,9-11H2,1-4H3. The molecule has 7 nitrogen and oxygen atoms in total. The van der Waals surface area contributed by atoms with Crippen LogP contribution < -0.4 is 10.3 Å². The second-order valence-corrected chi connectivity index (χ2v) is 6.97. The van der Waals surface area contributed by atoms with Crippen LogP contribution in [0.1, 0.15) is 27.3 Å². The summed E-state index contributed by atoms with van der Waals surface area (Å²) in [5.41, 5.74) is 3.66. The lowest BCUT2D eigenvalue weighted by atomic mass is 10.1. The molecule has 4 rings (SSSR count). The number of ether oxygens (including phenoxy) is 1. The van der Waals surface area contributed by atoms with Crippen molar-refractivity contribution in [2.45, 2.75) is 26.9 Å². The number of carbonyl (C=O) groups excluding carboxylic acids is 1. The summed E-state index contributed by atoms with van der Waals surface area (Å²) in [4.78, 5) is 27.5. The summed E-state index contributed by atoms with van der Waals surface area (Å²) in [6.07, 6.45) is 0. The maximum absolute atomic E-state index is 13.2. The molecule has 140 valence electrons. The number of aromatic nitrogens is 3. The Labute approximate surface area is 156 Å². The average Bonchev–Trinajstić information content (AvgIpc) is 2.97. The Hall–Kier alpha value is -3.09. The molecule has 2 aromatic heterocycles. The van der Waals surface area contributed by atoms with Gasteiger partial charge in [0, 0.05) is 20.1 Å². The van der Waals surface area contributed by atoms with Crippen molar-refractivity contribution in [3.63, 3.8) is 0 Å². The minimum Gasteiger partial charge on any atom is -0.497 e. The molecule has 3 heterocycles. The van der Waals surface area contributed by atoms with E-state index in [2.05, 4.69) is 5.10 Å². The van der Waals surface area contributed by atoms with Crippen LogP contribution in [0.5, 0.6) is 5.75 Å². The van der Waals surface area contributed by atoms with Crippen LogP contribution in [0.15, 0.2) is 29.1 Å². The molecule has 0 N–H and O–H groups in total. The first-order chi connectivity index (χ1) is 12.9. The summed E-state index contributed by atoms with van der Waals surface area (Å²) in [7, 11) is 3.41. The third kappa shape index (κ3) is 2.61. The predicted molar refractivity (Wildman–Crippen MR) is 103 cm³/mol. The summed E-state index contributed by atoms with van der Waals surface area (Å²) in [5, 5.41) is 5.12. The van der Waals surface area contributed by atoms with E-state index in [1.807, 2.05) is 42.7 Å². The van der Waals surface area contributed by atoms with Gasteiger partial charge in [0.25, 0.3) is 11.5 Å². The molecule has 1 aliphatic rings. The van der Waals surface area contributed by atoms with Gasteiger partial charge in [0.1, 0.15) is 11.4 Å². The van der Waals surface area contributed by atoms with E-state index >= 15 is 0 Å². The van der Waals surface area contributed by atoms with Crippen LogP contribution in [0.2, 0.25) is 0 Å². The lowest BCUT2D eigenvalue weighted by Gasteiger charge is -2.25. The number of methoxy groups -OCH3 is 1. The van der Waals surface area contributed by atoms with Crippen LogP contribution in [0, 0.1) is 13.8 Å². The normalized spacial score (nSPS) is 13.9. The molecule has 0 saturated carbocycles. The molecule has 0 saturated heterocycles. The molecule has 0 atom stereocenters. The van der Waals surface area contributed by atoms with E-state index in [4.69, 9.17) is 4.74 Å². The van der Waals surface area contributed by atoms with Crippen LogP contribution in [-0.4, -0.2) is 45.9 Å². The second kappa shape index (κ2) is 6.26. The van der Waals surface area contributed by atoms with Crippen LogP contribution in [0.3, 0.4) is 0 Å². The molecule has 7 heteroatoms. The molecule has 0 radical (unpaired) electrons. The Bertz CT molecular complexity index is 1110. The Morgan fingerprint density at radius 1 is 1.11 bits per heavy atom. The maximum Gasteiger partial charge on any atom is 0.276 e. The highest BCUT2D eigenvalue weighted by Gasteiger charge is 2.29. The SMILES string of the molecule is COc1ccc(Cn2nc(C)c3c(c(C)c4n3CCN(C)C4=O)c2=O)cc1. The van der Waals surface area contributed by atoms with Gasteiger partial charge in [0.2, 0.25) is 0 Å². The van der Waals surface area contributed by atoms with Crippen LogP contribution in [0.4, 0.5) is 0 Å². The van der Waals surface area contributed by atoms with E-state index in [9.17, 15) is 9.59 Å². The Morgan fingerprint density at radius 2 is 1.81 bits per heavy atom. The number of likely N-dealkylation sites (N-methyl/N-ethyl adjacent to an activating group) is 1. The van der Waals surface area contributed by atoms with E-state index in [0.717, 1.165) is 28.1 Å². The number of hydrogen-bond donors (Lipinski definition) is 0. The van der Waals surface area contributed by atoms with Crippen LogP contribution in [0.25, 0.3) is 10.9 Å². The highest BCUT2D eigenvalue weighted by molar-refractivity contribution is 6.02. The summed E-state index contributed by atoms with van der Waals surface area (Å²) >= 11 is 0. The van der Waals surface area contributed by atoms with Crippen molar-refractivity contribution in [3.8, 4) is 5.75 Å². The Balaban J connectivity index is 1.87. The molecule has 0 bridgehead atoms. The quantitative estimate of drug-likeness (QED) is 0.711. The molecule has 1 amide bonds. The fraction of sp³-hybridized carbons (Fsp3) is 0.350. The van der Waals surface area contributed by atoms with E-state index in [-0.39, 0.29) is 11.5 Å². The van der Waals surface area contributed by atoms with Gasteiger partial charge in [0.15, 0.2) is 0 Å². The molecular weight excluding hydrogens is 344 g/mol. The number of rotatable bonds is 3. The lowest BCUT2D eigenvalue weighted by molar-refractivity contribution is 0.0750. The van der Waals surface area contributed by atoms with Crippen molar-refractivity contribution in [2.75, 3.05) is 20.7 Å². The van der Waals surface area contributed by atoms with Crippen molar-refractivity contribution < 1.29 is 9.53 Å². The first-order valence-electron chi connectivity index (χ1n) is 8.91. The highest BCUT2D eigenvalue weighted by Crippen LogP contribution is 2.28. The highest BCUT2D eigenvalue weighted by atomic mass is 16.5. The minimum absolute atomic E-state index is 0.0459. The Morgan fingerprint density at radius 3 is 2.48 bits per heavy atom. The van der Waals surface area contributed by atoms with Gasteiger partial charge in [-0.15, -0.1) is 0 Å². The minimum atomic E-state index is -0.165. The van der Waals surface area contributed by atoms with Crippen LogP contribution in [-0.2, 0) is 13.1 Å². The fourth-order valence-electron chi connectivity index (χ4n) is 3.83. The van der Waals surface area contributed by atoms with Gasteiger partial charge in [-0.05, 0) is 37.1 Å². The van der Waals surface area contributed by atoms with E-state index in [1.165, 1.54) is 4.68 Å². The van der Waals surface area contributed by atoms with Crippen molar-refractivity contribution in [1.82, 2.24) is 19.2 Å². The van der Waals surface area contributed by atoms with E-state index < -0.39 is 0 Å². The number of amides is 1. The van der Waals surface area contributed by atoms with Gasteiger partial charge >= 0.3 is 0 Å². The molecular formula is C20H22N4O3. The number of benzene rings is 1. The van der Waals surface area contributed by atoms with Crippen molar-refractivity contribution in [3.05, 3.63) is 57.1 Å². The summed E-state index contributed by atoms with van der Waals surface area (Å²) in [6.45, 7) is 5.41. The molecule has 0 spiro atoms. The van der Waals surface area contributed by atoms with Gasteiger partial charge in [-0.3, -0.25) is 9.59 Å². The smallest absolute Gasteiger partial charge is 0.276 e. The molecule has 0 fully saturated rings. The number of fused-ring (bicyclic) bond motifs is 3. The zero-order valence-electron chi connectivity index (χ0n) is 15.9. The van der Waals surface area contributed by atoms with Crippen molar-refractivity contribution in [2.24, 2.45) is 0 Å².